The van der Waals surface area contributed by atoms with Gasteiger partial charge in [0.05, 0.1) is 6.04 Å². The van der Waals surface area contributed by atoms with Crippen molar-refractivity contribution in [1.82, 2.24) is 5.32 Å². The number of carbonyl (C=O) groups is 1. The molecule has 1 aliphatic rings. The van der Waals surface area contributed by atoms with Crippen LogP contribution >= 0.6 is 0 Å². The van der Waals surface area contributed by atoms with Crippen LogP contribution in [0.2, 0.25) is 0 Å². The molecule has 2 atom stereocenters. The maximum Gasteiger partial charge on any atom is 0.265 e. The molecule has 4 nitrogen and oxygen atoms in total. The fourth-order valence-electron chi connectivity index (χ4n) is 3.13. The summed E-state index contributed by atoms with van der Waals surface area (Å²) in [6.45, 7) is 2.18. The summed E-state index contributed by atoms with van der Waals surface area (Å²) in [7, 11) is 0. The first-order valence-corrected chi connectivity index (χ1v) is 9.05. The summed E-state index contributed by atoms with van der Waals surface area (Å²) < 4.78 is 11.4. The number of hydrogen-bond donors (Lipinski definition) is 1. The Kier molecular flexibility index (Phi) is 4.79. The Morgan fingerprint density at radius 1 is 0.889 bits per heavy atom. The molecular formula is C23H21NO3. The van der Waals surface area contributed by atoms with E-state index in [1.54, 1.807) is 6.07 Å². The molecule has 1 N–H and O–H groups in total. The first kappa shape index (κ1) is 17.2. The van der Waals surface area contributed by atoms with Crippen LogP contribution in [0, 0.1) is 0 Å². The molecule has 0 unspecified atom stereocenters. The van der Waals surface area contributed by atoms with Gasteiger partial charge in [-0.05, 0) is 35.7 Å². The van der Waals surface area contributed by atoms with Crippen LogP contribution in [0.5, 0.6) is 11.5 Å². The second-order valence-corrected chi connectivity index (χ2v) is 6.58. The zero-order valence-corrected chi connectivity index (χ0v) is 15.1. The predicted octanol–water partition coefficient (Wildman–Crippen LogP) is 4.37. The molecule has 0 saturated carbocycles. The second kappa shape index (κ2) is 7.54. The van der Waals surface area contributed by atoms with Crippen LogP contribution in [0.15, 0.2) is 78.9 Å². The molecule has 1 heterocycles. The SMILES string of the molecule is C[C@H](NC(=O)[C@@H]1COc2ccccc2O1)c1ccc(-c2ccccc2)cc1. The van der Waals surface area contributed by atoms with E-state index in [9.17, 15) is 4.79 Å². The number of fused-ring (bicyclic) bond motifs is 1. The summed E-state index contributed by atoms with van der Waals surface area (Å²) in [5.41, 5.74) is 3.37. The number of para-hydroxylation sites is 2. The van der Waals surface area contributed by atoms with Crippen LogP contribution in [-0.4, -0.2) is 18.6 Å². The fraction of sp³-hybridized carbons (Fsp3) is 0.174. The minimum absolute atomic E-state index is 0.122. The van der Waals surface area contributed by atoms with E-state index in [2.05, 4.69) is 29.6 Å². The van der Waals surface area contributed by atoms with E-state index in [1.165, 1.54) is 5.56 Å². The molecule has 0 aliphatic carbocycles. The van der Waals surface area contributed by atoms with Gasteiger partial charge >= 0.3 is 0 Å². The highest BCUT2D eigenvalue weighted by molar-refractivity contribution is 5.82. The lowest BCUT2D eigenvalue weighted by Gasteiger charge is -2.26. The zero-order chi connectivity index (χ0) is 18.6. The third kappa shape index (κ3) is 3.80. The normalized spacial score (nSPS) is 16.4. The van der Waals surface area contributed by atoms with E-state index < -0.39 is 6.10 Å². The molecule has 4 rings (SSSR count). The number of amides is 1. The molecule has 27 heavy (non-hydrogen) atoms. The molecule has 136 valence electrons. The summed E-state index contributed by atoms with van der Waals surface area (Å²) in [4.78, 5) is 12.6. The van der Waals surface area contributed by atoms with Crippen molar-refractivity contribution < 1.29 is 14.3 Å². The highest BCUT2D eigenvalue weighted by atomic mass is 16.6. The first-order valence-electron chi connectivity index (χ1n) is 9.05. The maximum atomic E-state index is 12.6. The lowest BCUT2D eigenvalue weighted by atomic mass is 10.0. The summed E-state index contributed by atoms with van der Waals surface area (Å²) in [6.07, 6.45) is -0.647. The molecule has 1 aliphatic heterocycles. The average Bonchev–Trinajstić information content (AvgIpc) is 2.74. The number of hydrogen-bond acceptors (Lipinski definition) is 3. The third-order valence-corrected chi connectivity index (χ3v) is 4.68. The molecule has 3 aromatic carbocycles. The quantitative estimate of drug-likeness (QED) is 0.752. The van der Waals surface area contributed by atoms with Crippen molar-refractivity contribution in [3.63, 3.8) is 0 Å². The van der Waals surface area contributed by atoms with Crippen molar-refractivity contribution in [3.05, 3.63) is 84.4 Å². The standard InChI is InChI=1S/C23H21NO3/c1-16(17-11-13-19(14-12-17)18-7-3-2-4-8-18)24-23(25)22-15-26-20-9-5-6-10-21(20)27-22/h2-14,16,22H,15H2,1H3,(H,24,25)/t16-,22-/m0/s1. The van der Waals surface area contributed by atoms with Gasteiger partial charge in [-0.1, -0.05) is 66.7 Å². The highest BCUT2D eigenvalue weighted by Crippen LogP contribution is 2.31. The van der Waals surface area contributed by atoms with Crippen molar-refractivity contribution in [2.24, 2.45) is 0 Å². The van der Waals surface area contributed by atoms with E-state index >= 15 is 0 Å². The zero-order valence-electron chi connectivity index (χ0n) is 15.1. The number of nitrogens with one attached hydrogen (secondary N) is 1. The van der Waals surface area contributed by atoms with E-state index in [0.717, 1.165) is 11.1 Å². The van der Waals surface area contributed by atoms with Crippen molar-refractivity contribution >= 4 is 5.91 Å². The Bertz CT molecular complexity index is 922. The number of carbonyl (C=O) groups excluding carboxylic acids is 1. The van der Waals surface area contributed by atoms with Crippen LogP contribution < -0.4 is 14.8 Å². The van der Waals surface area contributed by atoms with Crippen LogP contribution in [0.4, 0.5) is 0 Å². The van der Waals surface area contributed by atoms with Gasteiger partial charge in [0.25, 0.3) is 5.91 Å². The largest absolute Gasteiger partial charge is 0.485 e. The number of ether oxygens (including phenoxy) is 2. The molecule has 0 spiro atoms. The summed E-state index contributed by atoms with van der Waals surface area (Å²) in [5, 5.41) is 3.01. The Morgan fingerprint density at radius 3 is 2.26 bits per heavy atom. The van der Waals surface area contributed by atoms with E-state index in [0.29, 0.717) is 11.5 Å². The van der Waals surface area contributed by atoms with Crippen LogP contribution in [0.25, 0.3) is 11.1 Å². The monoisotopic (exact) mass is 359 g/mol. The lowest BCUT2D eigenvalue weighted by Crippen LogP contribution is -2.44. The van der Waals surface area contributed by atoms with Crippen molar-refractivity contribution in [2.45, 2.75) is 19.1 Å². The van der Waals surface area contributed by atoms with Gasteiger partial charge in [0.15, 0.2) is 11.5 Å². The van der Waals surface area contributed by atoms with Gasteiger partial charge in [0, 0.05) is 0 Å². The minimum Gasteiger partial charge on any atom is -0.485 e. The van der Waals surface area contributed by atoms with Crippen molar-refractivity contribution in [1.29, 1.82) is 0 Å². The van der Waals surface area contributed by atoms with E-state index in [1.807, 2.05) is 55.5 Å². The molecular weight excluding hydrogens is 338 g/mol. The fourth-order valence-corrected chi connectivity index (χ4v) is 3.13. The Hall–Kier alpha value is -3.27. The van der Waals surface area contributed by atoms with E-state index in [4.69, 9.17) is 9.47 Å². The molecule has 0 fully saturated rings. The first-order chi connectivity index (χ1) is 13.2. The van der Waals surface area contributed by atoms with Gasteiger partial charge < -0.3 is 14.8 Å². The molecule has 0 bridgehead atoms. The molecule has 0 radical (unpaired) electrons. The van der Waals surface area contributed by atoms with Crippen molar-refractivity contribution in [2.75, 3.05) is 6.61 Å². The predicted molar refractivity (Wildman–Crippen MR) is 105 cm³/mol. The van der Waals surface area contributed by atoms with Gasteiger partial charge in [-0.3, -0.25) is 4.79 Å². The Morgan fingerprint density at radius 2 is 1.52 bits per heavy atom. The Balaban J connectivity index is 1.40. The van der Waals surface area contributed by atoms with Gasteiger partial charge in [-0.15, -0.1) is 0 Å². The minimum atomic E-state index is -0.647. The number of benzene rings is 3. The van der Waals surface area contributed by atoms with Crippen molar-refractivity contribution in [3.8, 4) is 22.6 Å². The van der Waals surface area contributed by atoms with E-state index in [-0.39, 0.29) is 18.6 Å². The smallest absolute Gasteiger partial charge is 0.265 e. The van der Waals surface area contributed by atoms with Crippen LogP contribution in [-0.2, 0) is 4.79 Å². The van der Waals surface area contributed by atoms with Crippen LogP contribution in [0.3, 0.4) is 0 Å². The van der Waals surface area contributed by atoms with Gasteiger partial charge in [0.1, 0.15) is 6.61 Å². The second-order valence-electron chi connectivity index (χ2n) is 6.58. The van der Waals surface area contributed by atoms with Crippen LogP contribution in [0.1, 0.15) is 18.5 Å². The summed E-state index contributed by atoms with van der Waals surface area (Å²) in [6, 6.07) is 25.7. The topological polar surface area (TPSA) is 47.6 Å². The Labute approximate surface area is 158 Å². The summed E-state index contributed by atoms with van der Waals surface area (Å²) >= 11 is 0. The third-order valence-electron chi connectivity index (χ3n) is 4.68. The lowest BCUT2D eigenvalue weighted by molar-refractivity contribution is -0.131. The van der Waals surface area contributed by atoms with Gasteiger partial charge in [-0.25, -0.2) is 0 Å². The summed E-state index contributed by atoms with van der Waals surface area (Å²) in [5.74, 6) is 1.10. The van der Waals surface area contributed by atoms with Gasteiger partial charge in [0.2, 0.25) is 6.10 Å². The number of rotatable bonds is 4. The average molecular weight is 359 g/mol. The molecule has 0 aromatic heterocycles. The molecule has 4 heteroatoms. The molecule has 0 saturated heterocycles. The van der Waals surface area contributed by atoms with Gasteiger partial charge in [-0.2, -0.15) is 0 Å². The highest BCUT2D eigenvalue weighted by Gasteiger charge is 2.28. The maximum absolute atomic E-state index is 12.6. The molecule has 3 aromatic rings. The molecule has 1 amide bonds.